The van der Waals surface area contributed by atoms with Crippen molar-refractivity contribution in [1.82, 2.24) is 20.0 Å². The summed E-state index contributed by atoms with van der Waals surface area (Å²) in [4.78, 5) is 14.9. The molecule has 0 unspecified atom stereocenters. The highest BCUT2D eigenvalue weighted by Crippen LogP contribution is 2.44. The summed E-state index contributed by atoms with van der Waals surface area (Å²) in [5.74, 6) is 3.17. The first-order valence-corrected chi connectivity index (χ1v) is 10.8. The van der Waals surface area contributed by atoms with Crippen LogP contribution in [0.15, 0.2) is 30.3 Å². The molecule has 9 nitrogen and oxygen atoms in total. The van der Waals surface area contributed by atoms with Gasteiger partial charge in [0.25, 0.3) is 0 Å². The number of nitrogens with one attached hydrogen (secondary N) is 1. The molecule has 0 saturated carbocycles. The summed E-state index contributed by atoms with van der Waals surface area (Å²) in [6.45, 7) is 3.95. The molecule has 2 aliphatic heterocycles. The number of aryl methyl sites for hydroxylation is 1. The van der Waals surface area contributed by atoms with Crippen LogP contribution in [0.4, 0.5) is 11.6 Å². The van der Waals surface area contributed by atoms with E-state index in [2.05, 4.69) is 20.4 Å². The summed E-state index contributed by atoms with van der Waals surface area (Å²) in [7, 11) is 3.25. The maximum absolute atomic E-state index is 12.7. The molecule has 5 rings (SSSR count). The lowest BCUT2D eigenvalue weighted by Gasteiger charge is -2.26. The molecule has 0 aliphatic carbocycles. The highest BCUT2D eigenvalue weighted by Gasteiger charge is 2.34. The lowest BCUT2D eigenvalue weighted by Crippen LogP contribution is -2.25. The molecule has 1 fully saturated rings. The van der Waals surface area contributed by atoms with Gasteiger partial charge in [0.2, 0.25) is 5.91 Å². The van der Waals surface area contributed by atoms with Gasteiger partial charge in [0, 0.05) is 36.6 Å². The van der Waals surface area contributed by atoms with Crippen LogP contribution in [0.5, 0.6) is 11.5 Å². The van der Waals surface area contributed by atoms with E-state index in [1.807, 2.05) is 37.3 Å². The molecule has 2 aliphatic rings. The van der Waals surface area contributed by atoms with Gasteiger partial charge in [-0.1, -0.05) is 0 Å². The first-order valence-electron chi connectivity index (χ1n) is 10.8. The van der Waals surface area contributed by atoms with Gasteiger partial charge in [-0.2, -0.15) is 9.78 Å². The molecule has 0 bridgehead atoms. The predicted molar refractivity (Wildman–Crippen MR) is 120 cm³/mol. The lowest BCUT2D eigenvalue weighted by molar-refractivity contribution is -0.116. The fraction of sp³-hybridized carbons (Fsp3) is 0.391. The van der Waals surface area contributed by atoms with Gasteiger partial charge in [-0.05, 0) is 50.1 Å². The van der Waals surface area contributed by atoms with Gasteiger partial charge in [0.05, 0.1) is 19.9 Å². The summed E-state index contributed by atoms with van der Waals surface area (Å²) in [5.41, 5.74) is 2.66. The quantitative estimate of drug-likeness (QED) is 0.659. The number of anilines is 2. The van der Waals surface area contributed by atoms with Crippen molar-refractivity contribution in [2.45, 2.75) is 32.1 Å². The Morgan fingerprint density at radius 2 is 1.78 bits per heavy atom. The number of carbonyl (C=O) groups excluding carboxylic acids is 1. The molecule has 1 saturated heterocycles. The van der Waals surface area contributed by atoms with E-state index in [0.717, 1.165) is 35.7 Å². The molecule has 32 heavy (non-hydrogen) atoms. The van der Waals surface area contributed by atoms with Crippen LogP contribution in [0.25, 0.3) is 5.82 Å². The first kappa shape index (κ1) is 20.3. The topological polar surface area (TPSA) is 94.4 Å². The molecule has 0 radical (unpaired) electrons. The number of fused-ring (bicyclic) bond motifs is 1. The van der Waals surface area contributed by atoms with E-state index >= 15 is 0 Å². The van der Waals surface area contributed by atoms with Gasteiger partial charge in [-0.15, -0.1) is 10.2 Å². The molecule has 9 heteroatoms. The second-order valence-corrected chi connectivity index (χ2v) is 8.12. The number of nitrogens with zero attached hydrogens (tertiary/aromatic N) is 5. The molecule has 4 heterocycles. The Bertz CT molecular complexity index is 1150. The maximum Gasteiger partial charge on any atom is 0.226 e. The van der Waals surface area contributed by atoms with E-state index in [4.69, 9.17) is 14.6 Å². The SMILES string of the molecule is COc1ccc(OC)c([C@@H]2CC(=O)Nc3c2c(C)nn3-c2ccc(N3CCCC3)nn2)c1. The molecule has 3 aromatic rings. The number of ether oxygens (including phenoxy) is 2. The zero-order valence-corrected chi connectivity index (χ0v) is 18.5. The van der Waals surface area contributed by atoms with Crippen molar-refractivity contribution in [1.29, 1.82) is 0 Å². The molecular formula is C23H26N6O3. The van der Waals surface area contributed by atoms with E-state index in [0.29, 0.717) is 29.6 Å². The van der Waals surface area contributed by atoms with Crippen LogP contribution in [-0.2, 0) is 4.79 Å². The van der Waals surface area contributed by atoms with Crippen molar-refractivity contribution in [3.05, 3.63) is 47.2 Å². The van der Waals surface area contributed by atoms with Crippen LogP contribution < -0.4 is 19.7 Å². The standard InChI is InChI=1S/C23H26N6O3/c1-14-22-17(16-12-15(31-2)6-7-18(16)32-3)13-21(30)24-23(22)29(27-14)20-9-8-19(25-26-20)28-10-4-5-11-28/h6-9,12,17H,4-5,10-11,13H2,1-3H3,(H,24,30)/t17-/m0/s1. The Hall–Kier alpha value is -3.62. The number of hydrogen-bond donors (Lipinski definition) is 1. The van der Waals surface area contributed by atoms with Gasteiger partial charge in [0.15, 0.2) is 11.6 Å². The van der Waals surface area contributed by atoms with Crippen molar-refractivity contribution in [3.63, 3.8) is 0 Å². The number of hydrogen-bond acceptors (Lipinski definition) is 7. The van der Waals surface area contributed by atoms with Gasteiger partial charge in [-0.25, -0.2) is 0 Å². The number of carbonyl (C=O) groups is 1. The van der Waals surface area contributed by atoms with E-state index in [-0.39, 0.29) is 11.8 Å². The molecule has 2 aromatic heterocycles. The van der Waals surface area contributed by atoms with Gasteiger partial charge >= 0.3 is 0 Å². The smallest absolute Gasteiger partial charge is 0.226 e. The van der Waals surface area contributed by atoms with Crippen molar-refractivity contribution in [3.8, 4) is 17.3 Å². The Morgan fingerprint density at radius 1 is 1.03 bits per heavy atom. The molecule has 166 valence electrons. The molecule has 1 atom stereocenters. The third-order valence-corrected chi connectivity index (χ3v) is 6.20. The van der Waals surface area contributed by atoms with Gasteiger partial charge < -0.3 is 19.7 Å². The zero-order chi connectivity index (χ0) is 22.2. The fourth-order valence-corrected chi connectivity index (χ4v) is 4.64. The number of aromatic nitrogens is 4. The predicted octanol–water partition coefficient (Wildman–Crippen LogP) is 3.06. The molecule has 0 spiro atoms. The summed E-state index contributed by atoms with van der Waals surface area (Å²) in [6.07, 6.45) is 2.65. The van der Waals surface area contributed by atoms with Gasteiger partial charge in [-0.3, -0.25) is 4.79 Å². The molecule has 1 aromatic carbocycles. The van der Waals surface area contributed by atoms with Gasteiger partial charge in [0.1, 0.15) is 17.3 Å². The van der Waals surface area contributed by atoms with E-state index < -0.39 is 0 Å². The Morgan fingerprint density at radius 3 is 2.47 bits per heavy atom. The Balaban J connectivity index is 1.57. The lowest BCUT2D eigenvalue weighted by atomic mass is 9.85. The molecular weight excluding hydrogens is 408 g/mol. The van der Waals surface area contributed by atoms with E-state index in [1.165, 1.54) is 12.8 Å². The summed E-state index contributed by atoms with van der Waals surface area (Å²) >= 11 is 0. The second kappa shape index (κ2) is 8.14. The highest BCUT2D eigenvalue weighted by molar-refractivity contribution is 5.95. The summed E-state index contributed by atoms with van der Waals surface area (Å²) < 4.78 is 12.7. The van der Waals surface area contributed by atoms with Crippen molar-refractivity contribution < 1.29 is 14.3 Å². The van der Waals surface area contributed by atoms with Crippen LogP contribution in [0.1, 0.15) is 42.0 Å². The Labute approximate surface area is 186 Å². The average Bonchev–Trinajstić information content (AvgIpc) is 3.47. The monoisotopic (exact) mass is 434 g/mol. The Kier molecular flexibility index (Phi) is 5.16. The third-order valence-electron chi connectivity index (χ3n) is 6.20. The summed E-state index contributed by atoms with van der Waals surface area (Å²) in [6, 6.07) is 9.50. The number of methoxy groups -OCH3 is 2. The minimum Gasteiger partial charge on any atom is -0.497 e. The van der Waals surface area contributed by atoms with Crippen molar-refractivity contribution >= 4 is 17.5 Å². The van der Waals surface area contributed by atoms with Crippen molar-refractivity contribution in [2.75, 3.05) is 37.5 Å². The van der Waals surface area contributed by atoms with Crippen LogP contribution in [0, 0.1) is 6.92 Å². The third kappa shape index (κ3) is 3.43. The normalized spacial score (nSPS) is 17.8. The van der Waals surface area contributed by atoms with E-state index in [1.54, 1.807) is 18.9 Å². The minimum atomic E-state index is -0.214. The maximum atomic E-state index is 12.7. The highest BCUT2D eigenvalue weighted by atomic mass is 16.5. The van der Waals surface area contributed by atoms with Crippen molar-refractivity contribution in [2.24, 2.45) is 0 Å². The fourth-order valence-electron chi connectivity index (χ4n) is 4.64. The van der Waals surface area contributed by atoms with E-state index in [9.17, 15) is 4.79 Å². The minimum absolute atomic E-state index is 0.0878. The number of rotatable bonds is 5. The molecule has 1 N–H and O–H groups in total. The largest absolute Gasteiger partial charge is 0.497 e. The molecule has 1 amide bonds. The van der Waals surface area contributed by atoms with Crippen LogP contribution in [-0.4, -0.2) is 53.2 Å². The van der Waals surface area contributed by atoms with Crippen LogP contribution in [0.3, 0.4) is 0 Å². The first-order chi connectivity index (χ1) is 15.6. The van der Waals surface area contributed by atoms with Crippen LogP contribution >= 0.6 is 0 Å². The zero-order valence-electron chi connectivity index (χ0n) is 18.5. The number of benzene rings is 1. The summed E-state index contributed by atoms with van der Waals surface area (Å²) in [5, 5.41) is 16.5. The average molecular weight is 435 g/mol. The van der Waals surface area contributed by atoms with Crippen LogP contribution in [0.2, 0.25) is 0 Å². The number of amides is 1. The second-order valence-electron chi connectivity index (χ2n) is 8.12.